The van der Waals surface area contributed by atoms with Crippen molar-refractivity contribution in [3.63, 3.8) is 0 Å². The number of benzene rings is 1. The average Bonchev–Trinajstić information content (AvgIpc) is 2.50. The molecule has 2 rings (SSSR count). The summed E-state index contributed by atoms with van der Waals surface area (Å²) in [6.07, 6.45) is 1.53. The molecule has 0 saturated heterocycles. The van der Waals surface area contributed by atoms with Crippen LogP contribution in [0.15, 0.2) is 36.5 Å². The second-order valence-electron chi connectivity index (χ2n) is 5.46. The molecule has 0 atom stereocenters. The van der Waals surface area contributed by atoms with Crippen LogP contribution in [0.3, 0.4) is 0 Å². The lowest BCUT2D eigenvalue weighted by molar-refractivity contribution is -0.118. The maximum atomic E-state index is 12.2. The van der Waals surface area contributed by atoms with Crippen molar-refractivity contribution in [2.24, 2.45) is 5.92 Å². The molecule has 0 radical (unpaired) electrons. The van der Waals surface area contributed by atoms with Crippen LogP contribution in [0.1, 0.15) is 29.8 Å². The van der Waals surface area contributed by atoms with E-state index in [1.54, 1.807) is 30.3 Å². The third kappa shape index (κ3) is 4.29. The molecule has 1 heterocycles. The van der Waals surface area contributed by atoms with Gasteiger partial charge in [-0.15, -0.1) is 0 Å². The number of halogens is 1. The first-order valence-electron chi connectivity index (χ1n) is 7.22. The largest absolute Gasteiger partial charge is 0.324 e. The molecule has 120 valence electrons. The van der Waals surface area contributed by atoms with E-state index in [2.05, 4.69) is 15.6 Å². The van der Waals surface area contributed by atoms with Gasteiger partial charge < -0.3 is 10.6 Å². The Bertz CT molecular complexity index is 744. The molecular formula is C17H18ClN3O2. The summed E-state index contributed by atoms with van der Waals surface area (Å²) in [5.41, 5.74) is 1.81. The molecule has 0 unspecified atom stereocenters. The van der Waals surface area contributed by atoms with Crippen LogP contribution in [0.25, 0.3) is 0 Å². The van der Waals surface area contributed by atoms with E-state index in [-0.39, 0.29) is 17.7 Å². The summed E-state index contributed by atoms with van der Waals surface area (Å²) in [7, 11) is 0. The van der Waals surface area contributed by atoms with Gasteiger partial charge in [-0.3, -0.25) is 9.59 Å². The first-order valence-corrected chi connectivity index (χ1v) is 7.59. The Labute approximate surface area is 140 Å². The summed E-state index contributed by atoms with van der Waals surface area (Å²) in [5, 5.41) is 5.87. The number of aromatic nitrogens is 1. The fourth-order valence-corrected chi connectivity index (χ4v) is 2.08. The molecule has 0 aliphatic heterocycles. The monoisotopic (exact) mass is 331 g/mol. The minimum Gasteiger partial charge on any atom is -0.324 e. The van der Waals surface area contributed by atoms with Crippen LogP contribution in [0.4, 0.5) is 11.5 Å². The lowest BCUT2D eigenvalue weighted by atomic mass is 10.2. The molecule has 2 amide bonds. The number of anilines is 2. The van der Waals surface area contributed by atoms with Crippen molar-refractivity contribution in [2.45, 2.75) is 20.8 Å². The average molecular weight is 332 g/mol. The number of rotatable bonds is 4. The number of amides is 2. The van der Waals surface area contributed by atoms with Crippen LogP contribution in [0.2, 0.25) is 5.02 Å². The topological polar surface area (TPSA) is 71.1 Å². The Kier molecular flexibility index (Phi) is 5.34. The van der Waals surface area contributed by atoms with Crippen molar-refractivity contribution in [3.8, 4) is 0 Å². The zero-order valence-corrected chi connectivity index (χ0v) is 13.9. The third-order valence-corrected chi connectivity index (χ3v) is 3.58. The van der Waals surface area contributed by atoms with Crippen molar-refractivity contribution in [2.75, 3.05) is 10.6 Å². The molecule has 0 aliphatic carbocycles. The van der Waals surface area contributed by atoms with Crippen LogP contribution in [0.5, 0.6) is 0 Å². The number of hydrogen-bond donors (Lipinski definition) is 2. The quantitative estimate of drug-likeness (QED) is 0.892. The molecule has 5 nitrogen and oxygen atoms in total. The fourth-order valence-electron chi connectivity index (χ4n) is 1.86. The summed E-state index contributed by atoms with van der Waals surface area (Å²) >= 11 is 6.00. The Morgan fingerprint density at radius 3 is 2.48 bits per heavy atom. The van der Waals surface area contributed by atoms with Crippen molar-refractivity contribution in [3.05, 3.63) is 52.7 Å². The van der Waals surface area contributed by atoms with Gasteiger partial charge in [-0.25, -0.2) is 4.98 Å². The normalized spacial score (nSPS) is 10.5. The van der Waals surface area contributed by atoms with Gasteiger partial charge in [0.15, 0.2) is 0 Å². The van der Waals surface area contributed by atoms with Crippen LogP contribution >= 0.6 is 11.6 Å². The molecule has 0 fully saturated rings. The summed E-state index contributed by atoms with van der Waals surface area (Å²) < 4.78 is 0. The van der Waals surface area contributed by atoms with Gasteiger partial charge in [-0.05, 0) is 30.7 Å². The highest BCUT2D eigenvalue weighted by atomic mass is 35.5. The number of nitrogens with one attached hydrogen (secondary N) is 2. The molecule has 0 aliphatic rings. The number of hydrogen-bond acceptors (Lipinski definition) is 3. The smallest absolute Gasteiger partial charge is 0.258 e. The van der Waals surface area contributed by atoms with Gasteiger partial charge in [0.05, 0.1) is 22.5 Å². The fraction of sp³-hybridized carbons (Fsp3) is 0.235. The number of pyridine rings is 1. The number of carbonyl (C=O) groups excluding carboxylic acids is 2. The number of carbonyl (C=O) groups is 2. The predicted octanol–water partition coefficient (Wildman–Crippen LogP) is 3.89. The lowest BCUT2D eigenvalue weighted by Crippen LogP contribution is -2.19. The van der Waals surface area contributed by atoms with Crippen molar-refractivity contribution in [1.82, 2.24) is 4.98 Å². The summed E-state index contributed by atoms with van der Waals surface area (Å²) in [4.78, 5) is 28.1. The molecule has 2 N–H and O–H groups in total. The second kappa shape index (κ2) is 7.24. The summed E-state index contributed by atoms with van der Waals surface area (Å²) in [6.45, 7) is 5.47. The van der Waals surface area contributed by atoms with E-state index in [0.29, 0.717) is 22.1 Å². The van der Waals surface area contributed by atoms with Gasteiger partial charge in [0, 0.05) is 5.92 Å². The van der Waals surface area contributed by atoms with Crippen LogP contribution < -0.4 is 10.6 Å². The Hall–Kier alpha value is -2.40. The Morgan fingerprint density at radius 1 is 1.17 bits per heavy atom. The van der Waals surface area contributed by atoms with Gasteiger partial charge in [0.1, 0.15) is 5.82 Å². The van der Waals surface area contributed by atoms with Gasteiger partial charge in [-0.2, -0.15) is 0 Å². The molecule has 0 bridgehead atoms. The summed E-state index contributed by atoms with van der Waals surface area (Å²) in [5.74, 6) is -0.131. The van der Waals surface area contributed by atoms with E-state index in [0.717, 1.165) is 5.56 Å². The zero-order chi connectivity index (χ0) is 17.0. The van der Waals surface area contributed by atoms with E-state index in [1.807, 2.05) is 20.8 Å². The standard InChI is InChI=1S/C17H18ClN3O2/c1-10(2)16(22)20-14-9-19-15(8-11(14)3)21-17(23)12-6-4-5-7-13(12)18/h4-10H,1-3H3,(H,20,22)(H,19,21,23). The maximum Gasteiger partial charge on any atom is 0.258 e. The molecule has 1 aromatic heterocycles. The van der Waals surface area contributed by atoms with Crippen molar-refractivity contribution < 1.29 is 9.59 Å². The highest BCUT2D eigenvalue weighted by molar-refractivity contribution is 6.34. The SMILES string of the molecule is Cc1cc(NC(=O)c2ccccc2Cl)ncc1NC(=O)C(C)C. The van der Waals surface area contributed by atoms with E-state index in [1.165, 1.54) is 6.20 Å². The van der Waals surface area contributed by atoms with Crippen LogP contribution in [-0.4, -0.2) is 16.8 Å². The second-order valence-corrected chi connectivity index (χ2v) is 5.87. The molecule has 6 heteroatoms. The van der Waals surface area contributed by atoms with E-state index in [4.69, 9.17) is 11.6 Å². The van der Waals surface area contributed by atoms with Gasteiger partial charge in [0.25, 0.3) is 5.91 Å². The number of nitrogens with zero attached hydrogens (tertiary/aromatic N) is 1. The van der Waals surface area contributed by atoms with Crippen molar-refractivity contribution in [1.29, 1.82) is 0 Å². The predicted molar refractivity (Wildman–Crippen MR) is 91.8 cm³/mol. The van der Waals surface area contributed by atoms with E-state index >= 15 is 0 Å². The summed E-state index contributed by atoms with van der Waals surface area (Å²) in [6, 6.07) is 8.49. The van der Waals surface area contributed by atoms with Gasteiger partial charge in [-0.1, -0.05) is 37.6 Å². The maximum absolute atomic E-state index is 12.2. The molecule has 23 heavy (non-hydrogen) atoms. The molecular weight excluding hydrogens is 314 g/mol. The number of aryl methyl sites for hydroxylation is 1. The van der Waals surface area contributed by atoms with Gasteiger partial charge in [0.2, 0.25) is 5.91 Å². The zero-order valence-electron chi connectivity index (χ0n) is 13.2. The minimum absolute atomic E-state index is 0.0808. The Morgan fingerprint density at radius 2 is 1.87 bits per heavy atom. The third-order valence-electron chi connectivity index (χ3n) is 3.25. The van der Waals surface area contributed by atoms with Crippen molar-refractivity contribution >= 4 is 34.9 Å². The molecule has 0 saturated carbocycles. The molecule has 1 aromatic carbocycles. The molecule has 0 spiro atoms. The molecule has 2 aromatic rings. The first kappa shape index (κ1) is 17.0. The van der Waals surface area contributed by atoms with Crippen LogP contribution in [-0.2, 0) is 4.79 Å². The lowest BCUT2D eigenvalue weighted by Gasteiger charge is -2.12. The highest BCUT2D eigenvalue weighted by Crippen LogP contribution is 2.20. The van der Waals surface area contributed by atoms with E-state index in [9.17, 15) is 9.59 Å². The van der Waals surface area contributed by atoms with Gasteiger partial charge >= 0.3 is 0 Å². The Balaban J connectivity index is 2.13. The van der Waals surface area contributed by atoms with Crippen LogP contribution in [0, 0.1) is 12.8 Å². The first-order chi connectivity index (χ1) is 10.9. The minimum atomic E-state index is -0.332. The van der Waals surface area contributed by atoms with E-state index < -0.39 is 0 Å². The highest BCUT2D eigenvalue weighted by Gasteiger charge is 2.13.